The Morgan fingerprint density at radius 1 is 1.38 bits per heavy atom. The Hall–Kier alpha value is -0.870. The summed E-state index contributed by atoms with van der Waals surface area (Å²) in [5.41, 5.74) is 1.31. The number of carbonyl (C=O) groups excluding carboxylic acids is 1. The van der Waals surface area contributed by atoms with Crippen molar-refractivity contribution in [2.75, 3.05) is 39.8 Å². The van der Waals surface area contributed by atoms with Gasteiger partial charge in [-0.1, -0.05) is 13.8 Å². The zero-order valence-electron chi connectivity index (χ0n) is 18.4. The van der Waals surface area contributed by atoms with Gasteiger partial charge in [-0.15, -0.1) is 35.3 Å². The Morgan fingerprint density at radius 3 is 2.83 bits per heavy atom. The van der Waals surface area contributed by atoms with Crippen LogP contribution in [-0.2, 0) is 17.8 Å². The summed E-state index contributed by atoms with van der Waals surface area (Å²) in [7, 11) is 1.78. The maximum atomic E-state index is 12.5. The molecule has 0 saturated heterocycles. The fourth-order valence-corrected chi connectivity index (χ4v) is 4.46. The topological polar surface area (TPSA) is 60.0 Å². The standard InChI is InChI=1S/C21H37N5OS.HI/c1-5-25(6-2)13-7-8-17(3)24-21(22-4)23-12-9-20(27)26-14-10-19-18(16-26)11-15-28-19;/h11,15,17H,5-10,12-14,16H2,1-4H3,(H2,22,23,24);1H. The Kier molecular flexibility index (Phi) is 12.8. The van der Waals surface area contributed by atoms with Crippen LogP contribution in [0, 0.1) is 0 Å². The highest BCUT2D eigenvalue weighted by Crippen LogP contribution is 2.24. The summed E-state index contributed by atoms with van der Waals surface area (Å²) in [6, 6.07) is 2.50. The average Bonchev–Trinajstić information content (AvgIpc) is 3.18. The molecule has 0 bridgehead atoms. The Balaban J connectivity index is 0.00000420. The van der Waals surface area contributed by atoms with Crippen LogP contribution in [0.1, 0.15) is 50.5 Å². The first-order valence-corrected chi connectivity index (χ1v) is 11.5. The van der Waals surface area contributed by atoms with Crippen molar-refractivity contribution in [3.05, 3.63) is 21.9 Å². The molecule has 29 heavy (non-hydrogen) atoms. The van der Waals surface area contributed by atoms with Crippen LogP contribution >= 0.6 is 35.3 Å². The SMILES string of the molecule is CCN(CC)CCCC(C)NC(=NC)NCCC(=O)N1CCc2sccc2C1.I. The van der Waals surface area contributed by atoms with E-state index in [-0.39, 0.29) is 29.9 Å². The first kappa shape index (κ1) is 26.2. The van der Waals surface area contributed by atoms with Gasteiger partial charge in [0.25, 0.3) is 0 Å². The molecule has 1 amide bonds. The Labute approximate surface area is 197 Å². The van der Waals surface area contributed by atoms with E-state index in [1.165, 1.54) is 16.9 Å². The number of carbonyl (C=O) groups is 1. The molecule has 8 heteroatoms. The number of nitrogens with one attached hydrogen (secondary N) is 2. The third-order valence-electron chi connectivity index (χ3n) is 5.40. The van der Waals surface area contributed by atoms with Crippen molar-refractivity contribution in [1.29, 1.82) is 0 Å². The maximum Gasteiger partial charge on any atom is 0.224 e. The fraction of sp³-hybridized carbons (Fsp3) is 0.714. The number of rotatable bonds is 10. The Morgan fingerprint density at radius 2 is 2.14 bits per heavy atom. The van der Waals surface area contributed by atoms with Crippen LogP contribution in [0.15, 0.2) is 16.4 Å². The van der Waals surface area contributed by atoms with Crippen molar-refractivity contribution in [2.45, 2.75) is 59.0 Å². The van der Waals surface area contributed by atoms with Gasteiger partial charge in [0.1, 0.15) is 0 Å². The van der Waals surface area contributed by atoms with Gasteiger partial charge in [-0.3, -0.25) is 9.79 Å². The van der Waals surface area contributed by atoms with E-state index in [9.17, 15) is 4.79 Å². The highest BCUT2D eigenvalue weighted by atomic mass is 127. The van der Waals surface area contributed by atoms with E-state index < -0.39 is 0 Å². The summed E-state index contributed by atoms with van der Waals surface area (Å²) >= 11 is 1.80. The third-order valence-corrected chi connectivity index (χ3v) is 6.43. The third kappa shape index (κ3) is 8.80. The molecule has 2 heterocycles. The van der Waals surface area contributed by atoms with Crippen molar-refractivity contribution in [2.24, 2.45) is 4.99 Å². The second-order valence-electron chi connectivity index (χ2n) is 7.40. The van der Waals surface area contributed by atoms with Crippen LogP contribution in [0.2, 0.25) is 0 Å². The molecule has 0 saturated carbocycles. The van der Waals surface area contributed by atoms with Crippen LogP contribution in [0.3, 0.4) is 0 Å². The number of fused-ring (bicyclic) bond motifs is 1. The predicted molar refractivity (Wildman–Crippen MR) is 134 cm³/mol. The molecule has 0 radical (unpaired) electrons. The van der Waals surface area contributed by atoms with E-state index >= 15 is 0 Å². The Bertz CT molecular complexity index is 632. The molecular formula is C21H38IN5OS. The molecule has 1 aliphatic heterocycles. The van der Waals surface area contributed by atoms with Gasteiger partial charge in [-0.25, -0.2) is 0 Å². The van der Waals surface area contributed by atoms with Crippen LogP contribution < -0.4 is 10.6 Å². The number of thiophene rings is 1. The maximum absolute atomic E-state index is 12.5. The summed E-state index contributed by atoms with van der Waals surface area (Å²) in [6.45, 7) is 12.2. The first-order chi connectivity index (χ1) is 13.6. The minimum absolute atomic E-state index is 0. The molecule has 0 aromatic carbocycles. The second kappa shape index (κ2) is 14.2. The van der Waals surface area contributed by atoms with Gasteiger partial charge in [0, 0.05) is 44.0 Å². The molecule has 1 aromatic heterocycles. The van der Waals surface area contributed by atoms with Crippen molar-refractivity contribution < 1.29 is 4.79 Å². The zero-order valence-corrected chi connectivity index (χ0v) is 21.5. The van der Waals surface area contributed by atoms with Gasteiger partial charge in [0.2, 0.25) is 5.91 Å². The smallest absolute Gasteiger partial charge is 0.224 e. The highest BCUT2D eigenvalue weighted by molar-refractivity contribution is 14.0. The molecule has 1 unspecified atom stereocenters. The second-order valence-corrected chi connectivity index (χ2v) is 8.40. The lowest BCUT2D eigenvalue weighted by molar-refractivity contribution is -0.131. The molecule has 0 aliphatic carbocycles. The summed E-state index contributed by atoms with van der Waals surface area (Å²) in [5, 5.41) is 8.85. The largest absolute Gasteiger partial charge is 0.356 e. The predicted octanol–water partition coefficient (Wildman–Crippen LogP) is 3.32. The van der Waals surface area contributed by atoms with Gasteiger partial charge >= 0.3 is 0 Å². The molecule has 0 spiro atoms. The van der Waals surface area contributed by atoms with Crippen molar-refractivity contribution in [3.63, 3.8) is 0 Å². The number of hydrogen-bond acceptors (Lipinski definition) is 4. The van der Waals surface area contributed by atoms with Crippen LogP contribution in [0.5, 0.6) is 0 Å². The van der Waals surface area contributed by atoms with Crippen molar-refractivity contribution >= 4 is 47.2 Å². The first-order valence-electron chi connectivity index (χ1n) is 10.6. The minimum atomic E-state index is 0. The lowest BCUT2D eigenvalue weighted by Crippen LogP contribution is -2.44. The molecular weight excluding hydrogens is 497 g/mol. The van der Waals surface area contributed by atoms with Gasteiger partial charge < -0.3 is 20.4 Å². The number of guanidine groups is 1. The van der Waals surface area contributed by atoms with Gasteiger partial charge in [0.15, 0.2) is 5.96 Å². The zero-order chi connectivity index (χ0) is 20.4. The summed E-state index contributed by atoms with van der Waals surface area (Å²) < 4.78 is 0. The van der Waals surface area contributed by atoms with Gasteiger partial charge in [-0.2, -0.15) is 0 Å². The van der Waals surface area contributed by atoms with E-state index in [1.54, 1.807) is 18.4 Å². The van der Waals surface area contributed by atoms with Crippen molar-refractivity contribution in [3.8, 4) is 0 Å². The van der Waals surface area contributed by atoms with Crippen LogP contribution in [0.4, 0.5) is 0 Å². The van der Waals surface area contributed by atoms with Crippen molar-refractivity contribution in [1.82, 2.24) is 20.4 Å². The van der Waals surface area contributed by atoms with E-state index in [0.29, 0.717) is 19.0 Å². The summed E-state index contributed by atoms with van der Waals surface area (Å²) in [4.78, 5) is 22.7. The molecule has 6 nitrogen and oxygen atoms in total. The lowest BCUT2D eigenvalue weighted by Gasteiger charge is -2.27. The summed E-state index contributed by atoms with van der Waals surface area (Å²) in [6.07, 6.45) is 3.76. The molecule has 166 valence electrons. The summed E-state index contributed by atoms with van der Waals surface area (Å²) in [5.74, 6) is 0.994. The van der Waals surface area contributed by atoms with Crippen LogP contribution in [-0.4, -0.2) is 67.5 Å². The number of hydrogen-bond donors (Lipinski definition) is 2. The number of nitrogens with zero attached hydrogens (tertiary/aromatic N) is 3. The number of aliphatic imine (C=N–C) groups is 1. The molecule has 1 atom stereocenters. The normalized spacial score (nSPS) is 14.9. The highest BCUT2D eigenvalue weighted by Gasteiger charge is 2.21. The van der Waals surface area contributed by atoms with E-state index in [1.807, 2.05) is 4.90 Å². The molecule has 2 rings (SSSR count). The lowest BCUT2D eigenvalue weighted by atomic mass is 10.1. The average molecular weight is 536 g/mol. The monoisotopic (exact) mass is 535 g/mol. The quantitative estimate of drug-likeness (QED) is 0.274. The van der Waals surface area contributed by atoms with Crippen LogP contribution in [0.25, 0.3) is 0 Å². The number of amides is 1. The van der Waals surface area contributed by atoms with E-state index in [0.717, 1.165) is 51.5 Å². The molecule has 0 fully saturated rings. The fourth-order valence-electron chi connectivity index (χ4n) is 3.57. The number of halogens is 1. The van der Waals surface area contributed by atoms with Gasteiger partial charge in [0.05, 0.1) is 0 Å². The molecule has 1 aliphatic rings. The minimum Gasteiger partial charge on any atom is -0.356 e. The molecule has 1 aromatic rings. The van der Waals surface area contributed by atoms with Gasteiger partial charge in [-0.05, 0) is 62.8 Å². The van der Waals surface area contributed by atoms with E-state index in [4.69, 9.17) is 0 Å². The molecule has 2 N–H and O–H groups in total. The van der Waals surface area contributed by atoms with E-state index in [2.05, 4.69) is 52.7 Å².